The fourth-order valence-corrected chi connectivity index (χ4v) is 2.00. The van der Waals surface area contributed by atoms with E-state index in [1.54, 1.807) is 54.9 Å². The van der Waals surface area contributed by atoms with Crippen LogP contribution in [0.3, 0.4) is 0 Å². The average molecular weight is 306 g/mol. The molecule has 0 saturated carbocycles. The van der Waals surface area contributed by atoms with Crippen LogP contribution in [0.15, 0.2) is 67.0 Å². The Kier molecular flexibility index (Phi) is 4.15. The summed E-state index contributed by atoms with van der Waals surface area (Å²) >= 11 is 0. The van der Waals surface area contributed by atoms with Gasteiger partial charge in [0.25, 0.3) is 5.91 Å². The largest absolute Gasteiger partial charge is 0.506 e. The maximum Gasteiger partial charge on any atom is 0.255 e. The maximum absolute atomic E-state index is 12.3. The van der Waals surface area contributed by atoms with Gasteiger partial charge >= 0.3 is 0 Å². The van der Waals surface area contributed by atoms with Crippen molar-refractivity contribution < 1.29 is 9.90 Å². The highest BCUT2D eigenvalue weighted by Crippen LogP contribution is 2.23. The third-order valence-corrected chi connectivity index (χ3v) is 3.10. The predicted octanol–water partition coefficient (Wildman–Crippen LogP) is 3.18. The molecule has 2 aromatic carbocycles. The molecule has 1 aromatic heterocycles. The number of phenolic OH excluding ortho intramolecular Hbond substituents is 1. The van der Waals surface area contributed by atoms with Crippen LogP contribution in [0.5, 0.6) is 5.75 Å². The Hall–Kier alpha value is -3.41. The molecule has 0 bridgehead atoms. The molecule has 114 valence electrons. The molecule has 6 heteroatoms. The van der Waals surface area contributed by atoms with Gasteiger partial charge in [0.1, 0.15) is 5.75 Å². The maximum atomic E-state index is 12.3. The molecule has 23 heavy (non-hydrogen) atoms. The van der Waals surface area contributed by atoms with Crippen LogP contribution in [0.2, 0.25) is 0 Å². The lowest BCUT2D eigenvalue weighted by Gasteiger charge is -2.09. The highest BCUT2D eigenvalue weighted by molar-refractivity contribution is 6.05. The van der Waals surface area contributed by atoms with Gasteiger partial charge in [-0.1, -0.05) is 18.2 Å². The summed E-state index contributed by atoms with van der Waals surface area (Å²) in [5.74, 6) is 0.155. The molecule has 3 N–H and O–H groups in total. The average Bonchev–Trinajstić information content (AvgIpc) is 2.58. The summed E-state index contributed by atoms with van der Waals surface area (Å²) in [5.41, 5.74) is 1.51. The van der Waals surface area contributed by atoms with E-state index in [2.05, 4.69) is 20.6 Å². The van der Waals surface area contributed by atoms with Crippen molar-refractivity contribution >= 4 is 23.2 Å². The Labute approximate surface area is 132 Å². The monoisotopic (exact) mass is 306 g/mol. The summed E-state index contributed by atoms with van der Waals surface area (Å²) in [6, 6.07) is 15.2. The number of anilines is 3. The van der Waals surface area contributed by atoms with Gasteiger partial charge in [-0.2, -0.15) is 0 Å². The van der Waals surface area contributed by atoms with Gasteiger partial charge in [0.05, 0.1) is 5.69 Å². The van der Waals surface area contributed by atoms with Crippen LogP contribution in [0.1, 0.15) is 10.4 Å². The molecule has 3 aromatic rings. The Bertz CT molecular complexity index is 822. The number of rotatable bonds is 4. The Morgan fingerprint density at radius 3 is 2.52 bits per heavy atom. The highest BCUT2D eigenvalue weighted by Gasteiger charge is 2.09. The molecule has 6 nitrogen and oxygen atoms in total. The van der Waals surface area contributed by atoms with Gasteiger partial charge in [-0.25, -0.2) is 9.97 Å². The predicted molar refractivity (Wildman–Crippen MR) is 87.8 cm³/mol. The van der Waals surface area contributed by atoms with Gasteiger partial charge in [0.2, 0.25) is 5.95 Å². The quantitative estimate of drug-likeness (QED) is 0.644. The van der Waals surface area contributed by atoms with Crippen molar-refractivity contribution in [1.29, 1.82) is 0 Å². The van der Waals surface area contributed by atoms with E-state index in [1.807, 2.05) is 6.07 Å². The number of carbonyl (C=O) groups excluding carboxylic acids is 1. The van der Waals surface area contributed by atoms with E-state index in [0.29, 0.717) is 22.9 Å². The van der Waals surface area contributed by atoms with E-state index >= 15 is 0 Å². The van der Waals surface area contributed by atoms with Gasteiger partial charge in [0.15, 0.2) is 0 Å². The molecule has 0 atom stereocenters. The van der Waals surface area contributed by atoms with Crippen LogP contribution in [-0.4, -0.2) is 21.0 Å². The number of aromatic hydroxyl groups is 1. The fraction of sp³-hybridized carbons (Fsp3) is 0. The first-order chi connectivity index (χ1) is 11.2. The summed E-state index contributed by atoms with van der Waals surface area (Å²) in [5, 5.41) is 15.4. The van der Waals surface area contributed by atoms with Gasteiger partial charge in [0, 0.05) is 23.6 Å². The SMILES string of the molecule is O=C(Nc1ccccc1O)c1cccc(Nc2ncccn2)c1. The van der Waals surface area contributed by atoms with Crippen molar-refractivity contribution in [2.24, 2.45) is 0 Å². The number of nitrogens with zero attached hydrogens (tertiary/aromatic N) is 2. The van der Waals surface area contributed by atoms with Gasteiger partial charge in [-0.3, -0.25) is 4.79 Å². The second-order valence-corrected chi connectivity index (χ2v) is 4.75. The molecule has 1 heterocycles. The number of carbonyl (C=O) groups is 1. The minimum atomic E-state index is -0.316. The van der Waals surface area contributed by atoms with Crippen LogP contribution in [0, 0.1) is 0 Å². The van der Waals surface area contributed by atoms with Crippen LogP contribution in [-0.2, 0) is 0 Å². The second-order valence-electron chi connectivity index (χ2n) is 4.75. The molecule has 0 fully saturated rings. The molecule has 0 aliphatic rings. The Morgan fingerprint density at radius 2 is 1.74 bits per heavy atom. The molecular weight excluding hydrogens is 292 g/mol. The van der Waals surface area contributed by atoms with E-state index < -0.39 is 0 Å². The summed E-state index contributed by atoms with van der Waals surface area (Å²) in [7, 11) is 0. The number of para-hydroxylation sites is 2. The first-order valence-corrected chi connectivity index (χ1v) is 6.96. The fourth-order valence-electron chi connectivity index (χ4n) is 2.00. The zero-order chi connectivity index (χ0) is 16.1. The molecule has 0 aliphatic heterocycles. The van der Waals surface area contributed by atoms with Gasteiger partial charge in [-0.15, -0.1) is 0 Å². The summed E-state index contributed by atoms with van der Waals surface area (Å²) in [4.78, 5) is 20.4. The first-order valence-electron chi connectivity index (χ1n) is 6.96. The second kappa shape index (κ2) is 6.57. The lowest BCUT2D eigenvalue weighted by Crippen LogP contribution is -2.12. The number of hydrogen-bond acceptors (Lipinski definition) is 5. The van der Waals surface area contributed by atoms with Crippen molar-refractivity contribution in [3.63, 3.8) is 0 Å². The Balaban J connectivity index is 1.77. The Morgan fingerprint density at radius 1 is 0.957 bits per heavy atom. The molecule has 3 rings (SSSR count). The van der Waals surface area contributed by atoms with Crippen molar-refractivity contribution in [2.45, 2.75) is 0 Å². The molecule has 0 radical (unpaired) electrons. The standard InChI is InChI=1S/C17H14N4O2/c22-15-8-2-1-7-14(15)21-16(23)12-5-3-6-13(11-12)20-17-18-9-4-10-19-17/h1-11,22H,(H,21,23)(H,18,19,20). The summed E-state index contributed by atoms with van der Waals surface area (Å²) in [6.07, 6.45) is 3.26. The lowest BCUT2D eigenvalue weighted by atomic mass is 10.2. The smallest absolute Gasteiger partial charge is 0.255 e. The van der Waals surface area contributed by atoms with Gasteiger partial charge < -0.3 is 15.7 Å². The van der Waals surface area contributed by atoms with E-state index in [-0.39, 0.29) is 11.7 Å². The van der Waals surface area contributed by atoms with Crippen LogP contribution < -0.4 is 10.6 Å². The van der Waals surface area contributed by atoms with Crippen LogP contribution in [0.4, 0.5) is 17.3 Å². The molecule has 0 spiro atoms. The number of aromatic nitrogens is 2. The summed E-state index contributed by atoms with van der Waals surface area (Å²) < 4.78 is 0. The zero-order valence-corrected chi connectivity index (χ0v) is 12.1. The van der Waals surface area contributed by atoms with Crippen molar-refractivity contribution in [3.8, 4) is 5.75 Å². The molecule has 1 amide bonds. The third kappa shape index (κ3) is 3.62. The summed E-state index contributed by atoms with van der Waals surface area (Å²) in [6.45, 7) is 0. The lowest BCUT2D eigenvalue weighted by molar-refractivity contribution is 0.102. The minimum Gasteiger partial charge on any atom is -0.506 e. The van der Waals surface area contributed by atoms with E-state index in [4.69, 9.17) is 0 Å². The van der Waals surface area contributed by atoms with Crippen molar-refractivity contribution in [1.82, 2.24) is 9.97 Å². The van der Waals surface area contributed by atoms with Crippen LogP contribution >= 0.6 is 0 Å². The topological polar surface area (TPSA) is 87.1 Å². The van der Waals surface area contributed by atoms with Crippen LogP contribution in [0.25, 0.3) is 0 Å². The van der Waals surface area contributed by atoms with E-state index in [1.165, 1.54) is 6.07 Å². The molecule has 0 aliphatic carbocycles. The number of amides is 1. The molecular formula is C17H14N4O2. The third-order valence-electron chi connectivity index (χ3n) is 3.10. The number of phenols is 1. The zero-order valence-electron chi connectivity index (χ0n) is 12.1. The highest BCUT2D eigenvalue weighted by atomic mass is 16.3. The van der Waals surface area contributed by atoms with E-state index in [0.717, 1.165) is 0 Å². The van der Waals surface area contributed by atoms with E-state index in [9.17, 15) is 9.90 Å². The number of benzene rings is 2. The number of hydrogen-bond donors (Lipinski definition) is 3. The molecule has 0 unspecified atom stereocenters. The molecule has 0 saturated heterocycles. The normalized spacial score (nSPS) is 10.1. The van der Waals surface area contributed by atoms with Gasteiger partial charge in [-0.05, 0) is 36.4 Å². The number of nitrogens with one attached hydrogen (secondary N) is 2. The minimum absolute atomic E-state index is 0.0211. The first kappa shape index (κ1) is 14.5. The van der Waals surface area contributed by atoms with Crippen molar-refractivity contribution in [3.05, 3.63) is 72.6 Å². The van der Waals surface area contributed by atoms with Crippen molar-refractivity contribution in [2.75, 3.05) is 10.6 Å².